The van der Waals surface area contributed by atoms with E-state index >= 15 is 0 Å². The third-order valence-electron chi connectivity index (χ3n) is 3.94. The predicted octanol–water partition coefficient (Wildman–Crippen LogP) is 3.17. The van der Waals surface area contributed by atoms with E-state index in [1.54, 1.807) is 10.5 Å². The van der Waals surface area contributed by atoms with Crippen molar-refractivity contribution in [1.29, 1.82) is 0 Å². The molecule has 0 amide bonds. The highest BCUT2D eigenvalue weighted by Crippen LogP contribution is 2.55. The molecule has 4 heteroatoms. The average molecular weight is 289 g/mol. The molecule has 98 valence electrons. The monoisotopic (exact) mass is 289 g/mol. The second-order valence-electron chi connectivity index (χ2n) is 5.04. The zero-order chi connectivity index (χ0) is 12.8. The van der Waals surface area contributed by atoms with Gasteiger partial charge in [0.2, 0.25) is 9.11 Å². The second-order valence-corrected chi connectivity index (χ2v) is 8.84. The number of hydrogen-bond acceptors (Lipinski definition) is 2. The number of aliphatic imine (C=N–C) groups is 1. The molecular formula is C15H17N2S2+. The quantitative estimate of drug-likeness (QED) is 0.623. The summed E-state index contributed by atoms with van der Waals surface area (Å²) in [4.78, 5) is 7.47. The lowest BCUT2D eigenvalue weighted by Gasteiger charge is -2.15. The predicted molar refractivity (Wildman–Crippen MR) is 88.6 cm³/mol. The van der Waals surface area contributed by atoms with Crippen LogP contribution in [0.1, 0.15) is 16.9 Å². The van der Waals surface area contributed by atoms with Crippen molar-refractivity contribution in [2.24, 2.45) is 4.99 Å². The minimum Gasteiger partial charge on any atom is -0.312 e. The van der Waals surface area contributed by atoms with E-state index in [1.807, 2.05) is 0 Å². The standard InChI is InChI=1S/C15H17N2S2/c1-18-13-9-16-6-3-12(13)8-15(18)19-7-4-11-2-5-17-10-14(11)19/h4,7-8,10,16H,1-3,5-6,9H2/q+1. The summed E-state index contributed by atoms with van der Waals surface area (Å²) in [5.41, 5.74) is 3.05. The molecule has 1 N–H and O–H groups in total. The molecule has 4 rings (SSSR count). The van der Waals surface area contributed by atoms with Crippen LogP contribution in [0.4, 0.5) is 0 Å². The van der Waals surface area contributed by atoms with Gasteiger partial charge in [0.25, 0.3) is 0 Å². The summed E-state index contributed by atoms with van der Waals surface area (Å²) in [6.07, 6.45) is 6.82. The van der Waals surface area contributed by atoms with Crippen LogP contribution in [-0.2, 0) is 6.42 Å². The molecule has 0 aliphatic carbocycles. The first kappa shape index (κ1) is 11.8. The third-order valence-corrected chi connectivity index (χ3v) is 8.49. The highest BCUT2D eigenvalue weighted by atomic mass is 32.2. The van der Waals surface area contributed by atoms with Crippen LogP contribution < -0.4 is 5.32 Å². The Morgan fingerprint density at radius 3 is 3.21 bits per heavy atom. The van der Waals surface area contributed by atoms with Gasteiger partial charge < -0.3 is 5.32 Å². The molecule has 4 heterocycles. The topological polar surface area (TPSA) is 24.4 Å². The molecule has 2 nitrogen and oxygen atoms in total. The van der Waals surface area contributed by atoms with Gasteiger partial charge >= 0.3 is 0 Å². The van der Waals surface area contributed by atoms with Crippen LogP contribution in [0.3, 0.4) is 0 Å². The minimum atomic E-state index is 0.0614. The lowest BCUT2D eigenvalue weighted by atomic mass is 10.1. The molecule has 19 heavy (non-hydrogen) atoms. The fourth-order valence-corrected chi connectivity index (χ4v) is 7.48. The van der Waals surface area contributed by atoms with Crippen molar-refractivity contribution in [1.82, 2.24) is 5.32 Å². The van der Waals surface area contributed by atoms with Gasteiger partial charge in [-0.2, -0.15) is 0 Å². The van der Waals surface area contributed by atoms with Crippen molar-refractivity contribution in [3.8, 4) is 0 Å². The zero-order valence-electron chi connectivity index (χ0n) is 10.8. The first-order valence-corrected chi connectivity index (χ1v) is 9.35. The molecule has 3 aliphatic heterocycles. The second kappa shape index (κ2) is 4.54. The smallest absolute Gasteiger partial charge is 0.211 e. The Bertz CT molecular complexity index is 662. The van der Waals surface area contributed by atoms with Gasteiger partial charge in [-0.15, -0.1) is 0 Å². The summed E-state index contributed by atoms with van der Waals surface area (Å²) >= 11 is 0. The fourth-order valence-electron chi connectivity index (χ4n) is 2.88. The highest BCUT2D eigenvalue weighted by Gasteiger charge is 2.32. The number of nitrogens with zero attached hydrogens (tertiary/aromatic N) is 1. The van der Waals surface area contributed by atoms with Crippen molar-refractivity contribution < 1.29 is 0 Å². The van der Waals surface area contributed by atoms with E-state index in [4.69, 9.17) is 0 Å². The van der Waals surface area contributed by atoms with E-state index in [9.17, 15) is 0 Å². The van der Waals surface area contributed by atoms with Gasteiger partial charge in [-0.3, -0.25) is 4.99 Å². The van der Waals surface area contributed by atoms with Crippen LogP contribution in [0.5, 0.6) is 0 Å². The molecule has 0 saturated carbocycles. The molecule has 1 aromatic heterocycles. The summed E-state index contributed by atoms with van der Waals surface area (Å²) < 4.78 is 1.53. The molecular weight excluding hydrogens is 272 g/mol. The summed E-state index contributed by atoms with van der Waals surface area (Å²) in [5.74, 6) is 4.45. The first-order chi connectivity index (χ1) is 9.34. The van der Waals surface area contributed by atoms with E-state index in [1.165, 1.54) is 21.1 Å². The maximum Gasteiger partial charge on any atom is 0.211 e. The number of thiophene rings is 1. The number of fused-ring (bicyclic) bond motifs is 1. The minimum absolute atomic E-state index is 0.0614. The zero-order valence-corrected chi connectivity index (χ0v) is 12.4. The molecule has 0 bridgehead atoms. The maximum absolute atomic E-state index is 4.47. The Morgan fingerprint density at radius 2 is 2.32 bits per heavy atom. The van der Waals surface area contributed by atoms with Crippen molar-refractivity contribution in [2.75, 3.05) is 19.6 Å². The van der Waals surface area contributed by atoms with Crippen LogP contribution in [0.2, 0.25) is 0 Å². The van der Waals surface area contributed by atoms with E-state index in [-0.39, 0.29) is 21.0 Å². The van der Waals surface area contributed by atoms with Crippen LogP contribution in [0.25, 0.3) is 4.24 Å². The van der Waals surface area contributed by atoms with Crippen LogP contribution >= 0.6 is 21.0 Å². The largest absolute Gasteiger partial charge is 0.312 e. The average Bonchev–Trinajstić information content (AvgIpc) is 3.01. The molecule has 0 aromatic carbocycles. The fraction of sp³-hybridized carbons (Fsp3) is 0.333. The Hall–Kier alpha value is -0.970. The van der Waals surface area contributed by atoms with E-state index in [0.717, 1.165) is 26.1 Å². The van der Waals surface area contributed by atoms with Gasteiger partial charge in [0.1, 0.15) is 5.38 Å². The molecule has 0 fully saturated rings. The van der Waals surface area contributed by atoms with Gasteiger partial charge in [-0.1, -0.05) is 16.4 Å². The molecule has 0 radical (unpaired) electrons. The highest BCUT2D eigenvalue weighted by molar-refractivity contribution is 8.29. The van der Waals surface area contributed by atoms with E-state index < -0.39 is 0 Å². The Balaban J connectivity index is 1.78. The molecule has 1 aromatic rings. The molecule has 0 saturated heterocycles. The van der Waals surface area contributed by atoms with E-state index in [2.05, 4.69) is 39.9 Å². The van der Waals surface area contributed by atoms with Gasteiger partial charge in [0.05, 0.1) is 6.21 Å². The molecule has 0 spiro atoms. The number of rotatable bonds is 1. The van der Waals surface area contributed by atoms with Crippen molar-refractivity contribution in [3.05, 3.63) is 38.4 Å². The Morgan fingerprint density at radius 1 is 1.37 bits per heavy atom. The first-order valence-electron chi connectivity index (χ1n) is 6.67. The summed E-state index contributed by atoms with van der Waals surface area (Å²) in [5, 5.41) is 5.86. The number of hydrogen-bond donors (Lipinski definition) is 1. The summed E-state index contributed by atoms with van der Waals surface area (Å²) in [7, 11) is 0.187. The van der Waals surface area contributed by atoms with Gasteiger partial charge in [-0.05, 0) is 31.0 Å². The van der Waals surface area contributed by atoms with Gasteiger partial charge in [0.15, 0.2) is 0 Å². The lowest BCUT2D eigenvalue weighted by molar-refractivity contribution is 0.708. The van der Waals surface area contributed by atoms with Gasteiger partial charge in [-0.25, -0.2) is 0 Å². The number of allylic oxidation sites excluding steroid dienone is 1. The van der Waals surface area contributed by atoms with Crippen molar-refractivity contribution in [3.63, 3.8) is 0 Å². The Labute approximate surface area is 118 Å². The summed E-state index contributed by atoms with van der Waals surface area (Å²) in [6, 6.07) is 2.32. The normalized spacial score (nSPS) is 26.2. The van der Waals surface area contributed by atoms with Crippen LogP contribution in [-0.4, -0.2) is 31.7 Å². The van der Waals surface area contributed by atoms with Crippen molar-refractivity contribution in [2.45, 2.75) is 12.8 Å². The maximum atomic E-state index is 4.47. The van der Waals surface area contributed by atoms with Crippen LogP contribution in [0.15, 0.2) is 33.0 Å². The molecule has 3 aliphatic rings. The van der Waals surface area contributed by atoms with E-state index in [0.29, 0.717) is 0 Å². The Kier molecular flexibility index (Phi) is 2.83. The molecule has 2 atom stereocenters. The number of nitrogens with one attached hydrogen (secondary N) is 1. The van der Waals surface area contributed by atoms with Crippen molar-refractivity contribution >= 4 is 37.3 Å². The lowest BCUT2D eigenvalue weighted by Crippen LogP contribution is -2.22. The summed E-state index contributed by atoms with van der Waals surface area (Å²) in [6.45, 7) is 3.09. The molecule has 2 unspecified atom stereocenters. The third kappa shape index (κ3) is 1.82. The van der Waals surface area contributed by atoms with Gasteiger partial charge in [0, 0.05) is 40.1 Å². The van der Waals surface area contributed by atoms with Crippen LogP contribution in [0, 0.1) is 0 Å². The SMILES string of the molecule is C=S1C([s+]2ccc3c2C=NCC3)=CC2=C1CNCC2.